The zero-order valence-electron chi connectivity index (χ0n) is 19.5. The summed E-state index contributed by atoms with van der Waals surface area (Å²) in [5.41, 5.74) is 0.171. The summed E-state index contributed by atoms with van der Waals surface area (Å²) < 4.78 is 57.3. The number of benzene rings is 2. The van der Waals surface area contributed by atoms with Gasteiger partial charge in [-0.05, 0) is 48.5 Å². The minimum atomic E-state index is -4.60. The molecule has 1 saturated heterocycles. The Balaban J connectivity index is 1.25. The molecule has 0 unspecified atom stereocenters. The van der Waals surface area contributed by atoms with Gasteiger partial charge in [-0.15, -0.1) is 0 Å². The van der Waals surface area contributed by atoms with E-state index in [0.29, 0.717) is 48.9 Å². The second-order valence-electron chi connectivity index (χ2n) is 8.43. The summed E-state index contributed by atoms with van der Waals surface area (Å²) in [5.74, 6) is 1.19. The van der Waals surface area contributed by atoms with Crippen LogP contribution in [0.5, 0.6) is 17.2 Å². The van der Waals surface area contributed by atoms with E-state index in [1.165, 1.54) is 6.07 Å². The van der Waals surface area contributed by atoms with Crippen LogP contribution in [0, 0.1) is 0 Å². The Morgan fingerprint density at radius 3 is 2.49 bits per heavy atom. The molecule has 1 aliphatic heterocycles. The predicted octanol–water partition coefficient (Wildman–Crippen LogP) is 6.58. The van der Waals surface area contributed by atoms with Gasteiger partial charge in [-0.25, -0.2) is 9.78 Å². The van der Waals surface area contributed by atoms with Crippen molar-refractivity contribution in [2.45, 2.75) is 25.1 Å². The molecule has 0 radical (unpaired) electrons. The van der Waals surface area contributed by atoms with Gasteiger partial charge in [-0.1, -0.05) is 0 Å². The van der Waals surface area contributed by atoms with Crippen LogP contribution in [0.4, 0.5) is 29.3 Å². The van der Waals surface area contributed by atoms with Gasteiger partial charge in [0.1, 0.15) is 29.0 Å². The summed E-state index contributed by atoms with van der Waals surface area (Å²) in [5, 5.41) is 5.89. The molecule has 3 N–H and O–H groups in total. The average molecular weight is 512 g/mol. The number of urea groups is 1. The maximum atomic E-state index is 13.5. The number of nitrogens with one attached hydrogen (secondary N) is 3. The van der Waals surface area contributed by atoms with E-state index in [-0.39, 0.29) is 17.5 Å². The average Bonchev–Trinajstić information content (AvgIpc) is 3.35. The second-order valence-corrected chi connectivity index (χ2v) is 8.43. The van der Waals surface area contributed by atoms with E-state index < -0.39 is 17.8 Å². The Morgan fingerprint density at radius 2 is 1.73 bits per heavy atom. The van der Waals surface area contributed by atoms with Gasteiger partial charge >= 0.3 is 12.2 Å². The zero-order valence-corrected chi connectivity index (χ0v) is 19.5. The minimum absolute atomic E-state index is 0.0335. The monoisotopic (exact) mass is 512 g/mol. The molecule has 4 aromatic rings. The molecule has 8 nitrogen and oxygen atoms in total. The number of carbonyl (C=O) groups is 1. The first-order valence-corrected chi connectivity index (χ1v) is 11.6. The molecular weight excluding hydrogens is 489 g/mol. The van der Waals surface area contributed by atoms with E-state index in [1.807, 2.05) is 6.07 Å². The first kappa shape index (κ1) is 24.4. The summed E-state index contributed by atoms with van der Waals surface area (Å²) in [6.45, 7) is 0.972. The number of H-pyrrole nitrogens is 1. The van der Waals surface area contributed by atoms with Gasteiger partial charge in [-0.2, -0.15) is 13.2 Å². The van der Waals surface area contributed by atoms with E-state index in [9.17, 15) is 18.0 Å². The van der Waals surface area contributed by atoms with Crippen LogP contribution in [-0.2, 0) is 10.9 Å². The number of hydrogen-bond acceptors (Lipinski definition) is 5. The fraction of sp³-hybridized carbons (Fsp3) is 0.231. The van der Waals surface area contributed by atoms with Crippen molar-refractivity contribution in [2.75, 3.05) is 23.8 Å². The Bertz CT molecular complexity index is 1380. The van der Waals surface area contributed by atoms with E-state index in [2.05, 4.69) is 20.6 Å². The third-order valence-electron chi connectivity index (χ3n) is 5.72. The topological polar surface area (TPSA) is 97.5 Å². The lowest BCUT2D eigenvalue weighted by molar-refractivity contribution is -0.137. The fourth-order valence-corrected chi connectivity index (χ4v) is 3.94. The number of fused-ring (bicyclic) bond motifs is 1. The minimum Gasteiger partial charge on any atom is -0.490 e. The molecule has 2 aromatic heterocycles. The molecule has 0 spiro atoms. The van der Waals surface area contributed by atoms with Crippen LogP contribution in [0.2, 0.25) is 0 Å². The smallest absolute Gasteiger partial charge is 0.416 e. The molecule has 11 heteroatoms. The van der Waals surface area contributed by atoms with Crippen LogP contribution >= 0.6 is 0 Å². The molecule has 2 aromatic carbocycles. The third kappa shape index (κ3) is 6.12. The molecule has 37 heavy (non-hydrogen) atoms. The number of nitrogens with zero attached hydrogens (tertiary/aromatic N) is 1. The van der Waals surface area contributed by atoms with E-state index in [0.717, 1.165) is 17.5 Å². The number of rotatable bonds is 6. The molecule has 0 bridgehead atoms. The van der Waals surface area contributed by atoms with Crippen molar-refractivity contribution in [1.29, 1.82) is 0 Å². The van der Waals surface area contributed by atoms with E-state index >= 15 is 0 Å². The van der Waals surface area contributed by atoms with Gasteiger partial charge in [0.15, 0.2) is 0 Å². The molecular formula is C26H23F3N4O4. The largest absolute Gasteiger partial charge is 0.490 e. The molecule has 1 aliphatic rings. The maximum absolute atomic E-state index is 13.5. The maximum Gasteiger partial charge on any atom is 0.416 e. The van der Waals surface area contributed by atoms with Crippen molar-refractivity contribution in [3.8, 4) is 17.2 Å². The fourth-order valence-electron chi connectivity index (χ4n) is 3.94. The molecule has 0 aliphatic carbocycles. The number of halogens is 3. The highest BCUT2D eigenvalue weighted by molar-refractivity contribution is 6.00. The van der Waals surface area contributed by atoms with Crippen molar-refractivity contribution < 1.29 is 32.2 Å². The van der Waals surface area contributed by atoms with E-state index in [4.69, 9.17) is 14.2 Å². The highest BCUT2D eigenvalue weighted by Gasteiger charge is 2.32. The van der Waals surface area contributed by atoms with Crippen LogP contribution in [0.15, 0.2) is 67.0 Å². The van der Waals surface area contributed by atoms with Gasteiger partial charge in [0.2, 0.25) is 0 Å². The summed E-state index contributed by atoms with van der Waals surface area (Å²) >= 11 is 0. The summed E-state index contributed by atoms with van der Waals surface area (Å²) in [4.78, 5) is 19.8. The number of hydrogen-bond donors (Lipinski definition) is 3. The van der Waals surface area contributed by atoms with Gasteiger partial charge < -0.3 is 29.8 Å². The number of aromatic nitrogens is 2. The second kappa shape index (κ2) is 10.4. The number of alkyl halides is 3. The SMILES string of the molecule is O=C(Nc1ccc(Oc2ccnc3[nH]ccc23)cc1)Nc1cc(OC2CCOCC2)cc(C(F)(F)F)c1. The third-order valence-corrected chi connectivity index (χ3v) is 5.72. The zero-order chi connectivity index (χ0) is 25.8. The number of aromatic amines is 1. The van der Waals surface area contributed by atoms with Gasteiger partial charge in [0.05, 0.1) is 24.2 Å². The van der Waals surface area contributed by atoms with Crippen molar-refractivity contribution >= 4 is 28.4 Å². The molecule has 5 rings (SSSR count). The van der Waals surface area contributed by atoms with Crippen molar-refractivity contribution in [2.24, 2.45) is 0 Å². The van der Waals surface area contributed by atoms with Crippen molar-refractivity contribution in [1.82, 2.24) is 9.97 Å². The van der Waals surface area contributed by atoms with Gasteiger partial charge in [-0.3, -0.25) is 0 Å². The van der Waals surface area contributed by atoms with E-state index in [1.54, 1.807) is 42.7 Å². The molecule has 3 heterocycles. The lowest BCUT2D eigenvalue weighted by Crippen LogP contribution is -2.26. The van der Waals surface area contributed by atoms with Crippen LogP contribution < -0.4 is 20.1 Å². The lowest BCUT2D eigenvalue weighted by Gasteiger charge is -2.24. The van der Waals surface area contributed by atoms with Crippen molar-refractivity contribution in [3.05, 3.63) is 72.6 Å². The number of carbonyl (C=O) groups excluding carboxylic acids is 1. The number of amides is 2. The lowest BCUT2D eigenvalue weighted by atomic mass is 10.1. The summed E-state index contributed by atoms with van der Waals surface area (Å²) in [6.07, 6.45) is -0.297. The summed E-state index contributed by atoms with van der Waals surface area (Å²) in [7, 11) is 0. The van der Waals surface area contributed by atoms with Crippen LogP contribution in [0.3, 0.4) is 0 Å². The van der Waals surface area contributed by atoms with Crippen LogP contribution in [-0.4, -0.2) is 35.3 Å². The predicted molar refractivity (Wildman–Crippen MR) is 131 cm³/mol. The first-order chi connectivity index (χ1) is 17.8. The summed E-state index contributed by atoms with van der Waals surface area (Å²) in [6, 6.07) is 12.6. The molecule has 0 atom stereocenters. The van der Waals surface area contributed by atoms with Gasteiger partial charge in [0, 0.05) is 42.7 Å². The number of ether oxygens (including phenoxy) is 3. The highest BCUT2D eigenvalue weighted by Crippen LogP contribution is 2.35. The molecule has 0 saturated carbocycles. The van der Waals surface area contributed by atoms with Gasteiger partial charge in [0.25, 0.3) is 0 Å². The van der Waals surface area contributed by atoms with Crippen LogP contribution in [0.25, 0.3) is 11.0 Å². The molecule has 1 fully saturated rings. The molecule has 192 valence electrons. The number of pyridine rings is 1. The van der Waals surface area contributed by atoms with Crippen LogP contribution in [0.1, 0.15) is 18.4 Å². The van der Waals surface area contributed by atoms with Crippen molar-refractivity contribution in [3.63, 3.8) is 0 Å². The first-order valence-electron chi connectivity index (χ1n) is 11.6. The Kier molecular flexibility index (Phi) is 6.87. The Hall–Kier alpha value is -4.25. The normalized spacial score (nSPS) is 14.4. The number of anilines is 2. The Morgan fingerprint density at radius 1 is 0.973 bits per heavy atom. The highest BCUT2D eigenvalue weighted by atomic mass is 19.4. The quantitative estimate of drug-likeness (QED) is 0.271. The Labute approximate surface area is 209 Å². The standard InChI is InChI=1S/C26H23F3N4O4/c27-26(28,29)16-13-18(15-21(14-16)36-20-7-11-35-12-8-20)33-25(34)32-17-1-3-19(4-2-17)37-23-6-10-31-24-22(23)5-9-30-24/h1-6,9-10,13-15,20H,7-8,11-12H2,(H,30,31)(H2,32,33,34). The molecule has 2 amide bonds.